The SMILES string of the molecule is C#CCCCC(O)c1ncc(C)cn1. The molecule has 0 radical (unpaired) electrons. The first-order chi connectivity index (χ1) is 6.74. The van der Waals surface area contributed by atoms with Crippen molar-refractivity contribution < 1.29 is 5.11 Å². The van der Waals surface area contributed by atoms with Gasteiger partial charge in [0.15, 0.2) is 5.82 Å². The van der Waals surface area contributed by atoms with Gasteiger partial charge >= 0.3 is 0 Å². The van der Waals surface area contributed by atoms with Gasteiger partial charge in [0.05, 0.1) is 0 Å². The molecular formula is C11H14N2O. The number of rotatable bonds is 4. The molecule has 0 saturated heterocycles. The minimum absolute atomic E-state index is 0.479. The van der Waals surface area contributed by atoms with E-state index in [1.807, 2.05) is 6.92 Å². The first kappa shape index (κ1) is 10.7. The quantitative estimate of drug-likeness (QED) is 0.579. The molecule has 1 atom stereocenters. The van der Waals surface area contributed by atoms with Gasteiger partial charge in [0, 0.05) is 18.8 Å². The first-order valence-corrected chi connectivity index (χ1v) is 4.64. The standard InChI is InChI=1S/C11H14N2O/c1-3-4-5-6-10(14)11-12-7-9(2)8-13-11/h1,7-8,10,14H,4-6H2,2H3. The molecule has 0 fully saturated rings. The van der Waals surface area contributed by atoms with E-state index in [2.05, 4.69) is 15.9 Å². The van der Waals surface area contributed by atoms with Crippen molar-refractivity contribution in [2.24, 2.45) is 0 Å². The molecule has 1 aromatic rings. The zero-order chi connectivity index (χ0) is 10.4. The maximum Gasteiger partial charge on any atom is 0.156 e. The molecule has 0 saturated carbocycles. The third-order valence-electron chi connectivity index (χ3n) is 1.90. The van der Waals surface area contributed by atoms with Crippen LogP contribution in [0.3, 0.4) is 0 Å². The second-order valence-corrected chi connectivity index (χ2v) is 3.23. The summed E-state index contributed by atoms with van der Waals surface area (Å²) < 4.78 is 0. The molecule has 0 bridgehead atoms. The van der Waals surface area contributed by atoms with Crippen LogP contribution in [0.1, 0.15) is 36.8 Å². The van der Waals surface area contributed by atoms with Gasteiger partial charge in [-0.25, -0.2) is 9.97 Å². The molecule has 0 amide bonds. The number of hydrogen-bond donors (Lipinski definition) is 1. The summed E-state index contributed by atoms with van der Waals surface area (Å²) in [6, 6.07) is 0. The van der Waals surface area contributed by atoms with Gasteiger partial charge in [-0.05, 0) is 25.3 Å². The summed E-state index contributed by atoms with van der Waals surface area (Å²) in [6.45, 7) is 1.91. The molecule has 74 valence electrons. The van der Waals surface area contributed by atoms with Crippen molar-refractivity contribution in [1.82, 2.24) is 9.97 Å². The molecule has 1 N–H and O–H groups in total. The Morgan fingerprint density at radius 3 is 2.71 bits per heavy atom. The molecule has 0 aliphatic rings. The molecule has 3 nitrogen and oxygen atoms in total. The number of unbranched alkanes of at least 4 members (excludes halogenated alkanes) is 1. The van der Waals surface area contributed by atoms with E-state index < -0.39 is 6.10 Å². The number of terminal acetylenes is 1. The highest BCUT2D eigenvalue weighted by Crippen LogP contribution is 2.14. The highest BCUT2D eigenvalue weighted by atomic mass is 16.3. The first-order valence-electron chi connectivity index (χ1n) is 4.64. The number of nitrogens with zero attached hydrogens (tertiary/aromatic N) is 2. The Morgan fingerprint density at radius 2 is 2.14 bits per heavy atom. The van der Waals surface area contributed by atoms with Crippen molar-refractivity contribution in [1.29, 1.82) is 0 Å². The Bertz CT molecular complexity index is 313. The van der Waals surface area contributed by atoms with E-state index in [9.17, 15) is 5.11 Å². The largest absolute Gasteiger partial charge is 0.385 e. The third kappa shape index (κ3) is 3.15. The minimum atomic E-state index is -0.594. The second-order valence-electron chi connectivity index (χ2n) is 3.23. The van der Waals surface area contributed by atoms with E-state index in [4.69, 9.17) is 6.42 Å². The molecule has 3 heteroatoms. The van der Waals surface area contributed by atoms with Crippen LogP contribution in [0.25, 0.3) is 0 Å². The molecule has 1 rings (SSSR count). The zero-order valence-corrected chi connectivity index (χ0v) is 8.27. The second kappa shape index (κ2) is 5.36. The van der Waals surface area contributed by atoms with Gasteiger partial charge in [0.25, 0.3) is 0 Å². The fourth-order valence-electron chi connectivity index (χ4n) is 1.10. The average Bonchev–Trinajstić information content (AvgIpc) is 2.19. The molecule has 1 aromatic heterocycles. The average molecular weight is 190 g/mol. The van der Waals surface area contributed by atoms with Crippen LogP contribution in [0.15, 0.2) is 12.4 Å². The molecule has 14 heavy (non-hydrogen) atoms. The highest BCUT2D eigenvalue weighted by molar-refractivity contribution is 5.03. The Labute approximate surface area is 84.2 Å². The van der Waals surface area contributed by atoms with E-state index in [-0.39, 0.29) is 0 Å². The lowest BCUT2D eigenvalue weighted by Gasteiger charge is -2.07. The van der Waals surface area contributed by atoms with Gasteiger partial charge in [-0.1, -0.05) is 0 Å². The Balaban J connectivity index is 2.48. The number of aliphatic hydroxyl groups excluding tert-OH is 1. The molecule has 0 aliphatic carbocycles. The predicted octanol–water partition coefficient (Wildman–Crippen LogP) is 1.62. The fourth-order valence-corrected chi connectivity index (χ4v) is 1.10. The van der Waals surface area contributed by atoms with Gasteiger partial charge < -0.3 is 5.11 Å². The van der Waals surface area contributed by atoms with Crippen molar-refractivity contribution in [3.63, 3.8) is 0 Å². The van der Waals surface area contributed by atoms with Crippen LogP contribution in [0, 0.1) is 19.3 Å². The monoisotopic (exact) mass is 190 g/mol. The normalized spacial score (nSPS) is 12.1. The van der Waals surface area contributed by atoms with Crippen LogP contribution in [0.2, 0.25) is 0 Å². The Morgan fingerprint density at radius 1 is 1.50 bits per heavy atom. The number of aryl methyl sites for hydroxylation is 1. The lowest BCUT2D eigenvalue weighted by molar-refractivity contribution is 0.155. The highest BCUT2D eigenvalue weighted by Gasteiger charge is 2.08. The Hall–Kier alpha value is -1.40. The van der Waals surface area contributed by atoms with Crippen molar-refractivity contribution in [3.05, 3.63) is 23.8 Å². The van der Waals surface area contributed by atoms with Crippen LogP contribution < -0.4 is 0 Å². The summed E-state index contributed by atoms with van der Waals surface area (Å²) in [6.07, 6.45) is 10.0. The molecule has 1 heterocycles. The van der Waals surface area contributed by atoms with Crippen molar-refractivity contribution in [3.8, 4) is 12.3 Å². The van der Waals surface area contributed by atoms with Crippen molar-refractivity contribution >= 4 is 0 Å². The molecular weight excluding hydrogens is 176 g/mol. The van der Waals surface area contributed by atoms with Crippen LogP contribution in [0.4, 0.5) is 0 Å². The number of hydrogen-bond acceptors (Lipinski definition) is 3. The van der Waals surface area contributed by atoms with Crippen molar-refractivity contribution in [2.75, 3.05) is 0 Å². The number of aliphatic hydroxyl groups is 1. The van der Waals surface area contributed by atoms with Crippen LogP contribution in [-0.4, -0.2) is 15.1 Å². The summed E-state index contributed by atoms with van der Waals surface area (Å²) in [7, 11) is 0. The predicted molar refractivity (Wildman–Crippen MR) is 54.4 cm³/mol. The van der Waals surface area contributed by atoms with Crippen LogP contribution >= 0.6 is 0 Å². The summed E-state index contributed by atoms with van der Waals surface area (Å²) in [5, 5.41) is 9.64. The smallest absolute Gasteiger partial charge is 0.156 e. The molecule has 0 aromatic carbocycles. The summed E-state index contributed by atoms with van der Waals surface area (Å²) in [4.78, 5) is 8.09. The molecule has 0 spiro atoms. The maximum absolute atomic E-state index is 9.64. The Kier molecular flexibility index (Phi) is 4.09. The summed E-state index contributed by atoms with van der Waals surface area (Å²) >= 11 is 0. The van der Waals surface area contributed by atoms with Gasteiger partial charge in [0.1, 0.15) is 6.10 Å². The lowest BCUT2D eigenvalue weighted by atomic mass is 10.1. The van der Waals surface area contributed by atoms with Crippen LogP contribution in [-0.2, 0) is 0 Å². The van der Waals surface area contributed by atoms with E-state index in [0.717, 1.165) is 12.0 Å². The van der Waals surface area contributed by atoms with E-state index in [0.29, 0.717) is 18.7 Å². The van der Waals surface area contributed by atoms with Gasteiger partial charge in [-0.3, -0.25) is 0 Å². The number of aromatic nitrogens is 2. The van der Waals surface area contributed by atoms with Gasteiger partial charge in [-0.2, -0.15) is 0 Å². The van der Waals surface area contributed by atoms with Crippen molar-refractivity contribution in [2.45, 2.75) is 32.3 Å². The van der Waals surface area contributed by atoms with Crippen LogP contribution in [0.5, 0.6) is 0 Å². The van der Waals surface area contributed by atoms with E-state index >= 15 is 0 Å². The van der Waals surface area contributed by atoms with E-state index in [1.54, 1.807) is 12.4 Å². The zero-order valence-electron chi connectivity index (χ0n) is 8.27. The third-order valence-corrected chi connectivity index (χ3v) is 1.90. The molecule has 1 unspecified atom stereocenters. The minimum Gasteiger partial charge on any atom is -0.385 e. The van der Waals surface area contributed by atoms with Gasteiger partial charge in [-0.15, -0.1) is 12.3 Å². The summed E-state index contributed by atoms with van der Waals surface area (Å²) in [5.74, 6) is 3.01. The van der Waals surface area contributed by atoms with E-state index in [1.165, 1.54) is 0 Å². The fraction of sp³-hybridized carbons (Fsp3) is 0.455. The van der Waals surface area contributed by atoms with Gasteiger partial charge in [0.2, 0.25) is 0 Å². The lowest BCUT2D eigenvalue weighted by Crippen LogP contribution is -2.03. The summed E-state index contributed by atoms with van der Waals surface area (Å²) in [5.41, 5.74) is 0.990. The topological polar surface area (TPSA) is 46.0 Å². The maximum atomic E-state index is 9.64. The molecule has 0 aliphatic heterocycles.